The third-order valence-electron chi connectivity index (χ3n) is 0.632. The molecule has 0 aromatic rings. The Labute approximate surface area is 66.8 Å². The quantitative estimate of drug-likeness (QED) is 0.403. The normalized spacial score (nSPS) is 5.40. The van der Waals surface area contributed by atoms with Crippen LogP contribution in [0.2, 0.25) is 0 Å². The summed E-state index contributed by atoms with van der Waals surface area (Å²) >= 11 is 1.48. The fourth-order valence-corrected chi connectivity index (χ4v) is 0.680. The van der Waals surface area contributed by atoms with Crippen molar-refractivity contribution >= 4 is 11.8 Å². The van der Waals surface area contributed by atoms with Crippen molar-refractivity contribution in [1.82, 2.24) is 0 Å². The fraction of sp³-hybridized carbons (Fsp3) is 0.333. The maximum absolute atomic E-state index is 2.89. The van der Waals surface area contributed by atoms with Gasteiger partial charge in [0.2, 0.25) is 0 Å². The van der Waals surface area contributed by atoms with E-state index in [-0.39, 0.29) is 0 Å². The Morgan fingerprint density at radius 2 is 1.90 bits per heavy atom. The lowest BCUT2D eigenvalue weighted by atomic mass is 10.6. The summed E-state index contributed by atoms with van der Waals surface area (Å²) < 4.78 is 0. The van der Waals surface area contributed by atoms with Gasteiger partial charge in [0.25, 0.3) is 0 Å². The monoisotopic (exact) mass is 148 g/mol. The van der Waals surface area contributed by atoms with Gasteiger partial charge in [0, 0.05) is 0 Å². The topological polar surface area (TPSA) is 0 Å². The van der Waals surface area contributed by atoms with E-state index in [1.807, 2.05) is 6.92 Å². The van der Waals surface area contributed by atoms with Crippen LogP contribution in [0, 0.1) is 34.9 Å². The molecule has 0 radical (unpaired) electrons. The summed E-state index contributed by atoms with van der Waals surface area (Å²) in [7, 11) is 0. The number of thioether (sulfide) groups is 1. The second-order valence-electron chi connectivity index (χ2n) is 1.32. The van der Waals surface area contributed by atoms with Crippen molar-refractivity contribution in [2.75, 3.05) is 5.75 Å². The average molecular weight is 148 g/mol. The summed E-state index contributed by atoms with van der Waals surface area (Å²) in [5.41, 5.74) is 0. The molecule has 0 rings (SSSR count). The number of rotatable bonds is 1. The molecule has 0 N–H and O–H groups in total. The number of hydrogen-bond donors (Lipinski definition) is 0. The van der Waals surface area contributed by atoms with Crippen LogP contribution in [0.3, 0.4) is 0 Å². The van der Waals surface area contributed by atoms with Crippen LogP contribution in [-0.2, 0) is 0 Å². The molecule has 0 spiro atoms. The van der Waals surface area contributed by atoms with E-state index < -0.39 is 0 Å². The van der Waals surface area contributed by atoms with Gasteiger partial charge in [0.15, 0.2) is 0 Å². The summed E-state index contributed by atoms with van der Waals surface area (Å²) in [6.07, 6.45) is 0. The van der Waals surface area contributed by atoms with Crippen molar-refractivity contribution in [1.29, 1.82) is 0 Å². The molecule has 0 atom stereocenters. The summed E-state index contributed by atoms with van der Waals surface area (Å²) in [5.74, 6) is 14.5. The van der Waals surface area contributed by atoms with Crippen molar-refractivity contribution in [2.24, 2.45) is 0 Å². The van der Waals surface area contributed by atoms with Crippen LogP contribution in [0.25, 0.3) is 0 Å². The predicted molar refractivity (Wildman–Crippen MR) is 47.1 cm³/mol. The first-order valence-electron chi connectivity index (χ1n) is 2.85. The smallest absolute Gasteiger partial charge is 0.0671 e. The Morgan fingerprint density at radius 1 is 1.10 bits per heavy atom. The van der Waals surface area contributed by atoms with Gasteiger partial charge in [-0.05, 0) is 30.9 Å². The second kappa shape index (κ2) is 8.03. The van der Waals surface area contributed by atoms with Gasteiger partial charge >= 0.3 is 0 Å². The van der Waals surface area contributed by atoms with E-state index in [0.29, 0.717) is 0 Å². The highest BCUT2D eigenvalue weighted by Crippen LogP contribution is 1.92. The lowest BCUT2D eigenvalue weighted by Crippen LogP contribution is -1.63. The maximum atomic E-state index is 2.89. The van der Waals surface area contributed by atoms with Crippen LogP contribution < -0.4 is 0 Å². The van der Waals surface area contributed by atoms with Gasteiger partial charge in [-0.15, -0.1) is 5.92 Å². The molecule has 0 saturated carbocycles. The zero-order valence-electron chi connectivity index (χ0n) is 6.12. The lowest BCUT2D eigenvalue weighted by Gasteiger charge is -1.73. The SMILES string of the molecule is CC#CC#CSCC#CC. The second-order valence-corrected chi connectivity index (χ2v) is 2.10. The minimum absolute atomic E-state index is 0.773. The molecular formula is C9H8S. The van der Waals surface area contributed by atoms with Gasteiger partial charge in [-0.2, -0.15) is 0 Å². The average Bonchev–Trinajstić information content (AvgIpc) is 1.97. The van der Waals surface area contributed by atoms with Crippen molar-refractivity contribution in [3.8, 4) is 34.9 Å². The first-order valence-corrected chi connectivity index (χ1v) is 3.83. The van der Waals surface area contributed by atoms with Crippen LogP contribution >= 0.6 is 11.8 Å². The van der Waals surface area contributed by atoms with Gasteiger partial charge < -0.3 is 0 Å². The molecule has 0 aliphatic heterocycles. The van der Waals surface area contributed by atoms with Gasteiger partial charge in [-0.25, -0.2) is 0 Å². The highest BCUT2D eigenvalue weighted by atomic mass is 32.2. The minimum Gasteiger partial charge on any atom is -0.106 e. The lowest BCUT2D eigenvalue weighted by molar-refractivity contribution is 1.85. The number of hydrogen-bond acceptors (Lipinski definition) is 1. The molecule has 0 amide bonds. The molecule has 0 nitrogen and oxygen atoms in total. The molecule has 0 aliphatic rings. The van der Waals surface area contributed by atoms with Crippen LogP contribution in [0.4, 0.5) is 0 Å². The van der Waals surface area contributed by atoms with E-state index in [1.165, 1.54) is 11.8 Å². The Balaban J connectivity index is 3.41. The molecular weight excluding hydrogens is 140 g/mol. The third-order valence-corrected chi connectivity index (χ3v) is 1.17. The maximum Gasteiger partial charge on any atom is 0.0671 e. The van der Waals surface area contributed by atoms with E-state index in [1.54, 1.807) is 6.92 Å². The minimum atomic E-state index is 0.773. The van der Waals surface area contributed by atoms with Crippen LogP contribution in [0.5, 0.6) is 0 Å². The van der Waals surface area contributed by atoms with Crippen molar-refractivity contribution in [3.05, 3.63) is 0 Å². The van der Waals surface area contributed by atoms with E-state index in [2.05, 4.69) is 34.9 Å². The first kappa shape index (κ1) is 9.03. The zero-order chi connectivity index (χ0) is 7.66. The molecule has 0 aromatic heterocycles. The summed E-state index contributed by atoms with van der Waals surface area (Å²) in [4.78, 5) is 0. The van der Waals surface area contributed by atoms with Crippen molar-refractivity contribution < 1.29 is 0 Å². The Hall–Kier alpha value is -0.970. The molecule has 0 bridgehead atoms. The third kappa shape index (κ3) is 7.03. The predicted octanol–water partition coefficient (Wildman–Crippen LogP) is 1.73. The van der Waals surface area contributed by atoms with Gasteiger partial charge in [-0.1, -0.05) is 23.6 Å². The summed E-state index contributed by atoms with van der Waals surface area (Å²) in [6.45, 7) is 3.59. The van der Waals surface area contributed by atoms with Gasteiger partial charge in [-0.3, -0.25) is 0 Å². The van der Waals surface area contributed by atoms with Crippen molar-refractivity contribution in [3.63, 3.8) is 0 Å². The van der Waals surface area contributed by atoms with E-state index in [0.717, 1.165) is 5.75 Å². The molecule has 0 aliphatic carbocycles. The van der Waals surface area contributed by atoms with Gasteiger partial charge in [0.05, 0.1) is 5.75 Å². The van der Waals surface area contributed by atoms with Crippen LogP contribution in [0.1, 0.15) is 13.8 Å². The first-order chi connectivity index (χ1) is 4.91. The standard InChI is InChI=1S/C9H8S/c1-3-5-7-9-10-8-6-4-2/h8H2,1-2H3. The Morgan fingerprint density at radius 3 is 2.50 bits per heavy atom. The molecule has 0 aromatic carbocycles. The molecule has 50 valence electrons. The molecule has 0 heterocycles. The summed E-state index contributed by atoms with van der Waals surface area (Å²) in [6, 6.07) is 0. The molecule has 0 unspecified atom stereocenters. The van der Waals surface area contributed by atoms with E-state index in [9.17, 15) is 0 Å². The molecule has 1 heteroatoms. The molecule has 0 saturated heterocycles. The molecule has 0 fully saturated rings. The summed E-state index contributed by atoms with van der Waals surface area (Å²) in [5, 5.41) is 2.81. The van der Waals surface area contributed by atoms with Crippen LogP contribution in [-0.4, -0.2) is 5.75 Å². The highest BCUT2D eigenvalue weighted by molar-refractivity contribution is 8.04. The van der Waals surface area contributed by atoms with Gasteiger partial charge in [0.1, 0.15) is 0 Å². The Bertz CT molecular complexity index is 244. The van der Waals surface area contributed by atoms with E-state index in [4.69, 9.17) is 0 Å². The van der Waals surface area contributed by atoms with Crippen LogP contribution in [0.15, 0.2) is 0 Å². The largest absolute Gasteiger partial charge is 0.106 e. The zero-order valence-corrected chi connectivity index (χ0v) is 6.93. The fourth-order valence-electron chi connectivity index (χ4n) is 0.268. The van der Waals surface area contributed by atoms with Crippen molar-refractivity contribution in [2.45, 2.75) is 13.8 Å². The van der Waals surface area contributed by atoms with E-state index >= 15 is 0 Å². The highest BCUT2D eigenvalue weighted by Gasteiger charge is 1.70. The molecule has 10 heavy (non-hydrogen) atoms. The Kier molecular flexibility index (Phi) is 7.25.